The van der Waals surface area contributed by atoms with Gasteiger partial charge in [-0.05, 0) is 17.7 Å². The predicted octanol–water partition coefficient (Wildman–Crippen LogP) is 5.54. The summed E-state index contributed by atoms with van der Waals surface area (Å²) < 4.78 is 6.48. The first-order valence-electron chi connectivity index (χ1n) is 9.19. The molecule has 0 saturated heterocycles. The second-order valence-electron chi connectivity index (χ2n) is 7.57. The van der Waals surface area contributed by atoms with E-state index >= 15 is 0 Å². The van der Waals surface area contributed by atoms with Crippen LogP contribution < -0.4 is 0 Å². The van der Waals surface area contributed by atoms with Crippen molar-refractivity contribution in [3.63, 3.8) is 0 Å². The number of rotatable bonds is 9. The molecular formula is C21H32O2Si2. The highest BCUT2D eigenvalue weighted by Gasteiger charge is 2.32. The molecule has 25 heavy (non-hydrogen) atoms. The molecule has 0 bridgehead atoms. The van der Waals surface area contributed by atoms with Crippen molar-refractivity contribution in [1.29, 1.82) is 0 Å². The number of hydrogen-bond acceptors (Lipinski definition) is 2. The van der Waals surface area contributed by atoms with E-state index in [1.807, 2.05) is 42.5 Å². The molecule has 0 aliphatic carbocycles. The highest BCUT2D eigenvalue weighted by molar-refractivity contribution is 6.82. The Morgan fingerprint density at radius 1 is 1.12 bits per heavy atom. The van der Waals surface area contributed by atoms with Gasteiger partial charge in [-0.3, -0.25) is 0 Å². The fourth-order valence-electron chi connectivity index (χ4n) is 2.43. The minimum absolute atomic E-state index is 0.189. The molecule has 1 atom stereocenters. The number of aldehydes is 1. The van der Waals surface area contributed by atoms with E-state index in [0.717, 1.165) is 30.0 Å². The molecule has 1 aromatic carbocycles. The summed E-state index contributed by atoms with van der Waals surface area (Å²) in [6.45, 7) is 11.3. The first-order chi connectivity index (χ1) is 11.8. The molecule has 0 heterocycles. The quantitative estimate of drug-likeness (QED) is 0.323. The fraction of sp³-hybridized carbons (Fsp3) is 0.476. The van der Waals surface area contributed by atoms with Crippen molar-refractivity contribution >= 4 is 28.8 Å². The van der Waals surface area contributed by atoms with Crippen LogP contribution in [0.25, 0.3) is 6.08 Å². The van der Waals surface area contributed by atoms with Gasteiger partial charge in [0.2, 0.25) is 0 Å². The summed E-state index contributed by atoms with van der Waals surface area (Å²) in [6.07, 6.45) is 5.18. The highest BCUT2D eigenvalue weighted by Crippen LogP contribution is 2.21. The minimum atomic E-state index is -2.13. The van der Waals surface area contributed by atoms with E-state index in [1.165, 1.54) is 0 Å². The molecule has 0 spiro atoms. The van der Waals surface area contributed by atoms with Crippen LogP contribution in [0.1, 0.15) is 25.8 Å². The largest absolute Gasteiger partial charge is 0.398 e. The van der Waals surface area contributed by atoms with Gasteiger partial charge in [-0.2, -0.15) is 0 Å². The molecule has 1 unspecified atom stereocenters. The number of hydrogen-bond donors (Lipinski definition) is 0. The van der Waals surface area contributed by atoms with Crippen molar-refractivity contribution in [2.24, 2.45) is 0 Å². The monoisotopic (exact) mass is 372 g/mol. The van der Waals surface area contributed by atoms with Gasteiger partial charge in [0.05, 0.1) is 14.2 Å². The lowest BCUT2D eigenvalue weighted by Gasteiger charge is -2.27. The minimum Gasteiger partial charge on any atom is -0.398 e. The third-order valence-electron chi connectivity index (χ3n) is 4.09. The van der Waals surface area contributed by atoms with Crippen LogP contribution in [0.4, 0.5) is 0 Å². The van der Waals surface area contributed by atoms with Gasteiger partial charge in [0.1, 0.15) is 6.29 Å². The maximum atomic E-state index is 11.1. The van der Waals surface area contributed by atoms with Crippen molar-refractivity contribution in [3.8, 4) is 11.5 Å². The summed E-state index contributed by atoms with van der Waals surface area (Å²) in [5, 5.41) is 0. The number of benzene rings is 1. The molecule has 0 fully saturated rings. The Morgan fingerprint density at radius 3 is 2.28 bits per heavy atom. The zero-order chi connectivity index (χ0) is 18.8. The van der Waals surface area contributed by atoms with Crippen LogP contribution in [0.3, 0.4) is 0 Å². The lowest BCUT2D eigenvalue weighted by Crippen LogP contribution is -2.39. The average Bonchev–Trinajstić information content (AvgIpc) is 2.58. The molecular weight excluding hydrogens is 340 g/mol. The molecule has 0 saturated carbocycles. The number of carbonyl (C=O) groups excluding carboxylic acids is 1. The second kappa shape index (κ2) is 10.5. The van der Waals surface area contributed by atoms with Gasteiger partial charge >= 0.3 is 0 Å². The van der Waals surface area contributed by atoms with E-state index in [9.17, 15) is 4.79 Å². The second-order valence-corrected chi connectivity index (χ2v) is 16.9. The Kier molecular flexibility index (Phi) is 9.12. The Labute approximate surface area is 155 Å². The fourth-order valence-corrected chi connectivity index (χ4v) is 5.63. The third-order valence-corrected chi connectivity index (χ3v) is 8.99. The summed E-state index contributed by atoms with van der Waals surface area (Å²) >= 11 is 0. The molecule has 1 aromatic rings. The summed E-state index contributed by atoms with van der Waals surface area (Å²) in [7, 11) is -3.30. The highest BCUT2D eigenvalue weighted by atomic mass is 28.4. The van der Waals surface area contributed by atoms with Crippen LogP contribution in [0.5, 0.6) is 0 Å². The molecule has 0 radical (unpaired) electrons. The zero-order valence-corrected chi connectivity index (χ0v) is 18.3. The Balaban J connectivity index is 2.93. The van der Waals surface area contributed by atoms with Gasteiger partial charge in [0, 0.05) is 12.5 Å². The van der Waals surface area contributed by atoms with Gasteiger partial charge in [-0.15, -0.1) is 5.92 Å². The van der Waals surface area contributed by atoms with E-state index in [2.05, 4.69) is 45.0 Å². The van der Waals surface area contributed by atoms with Crippen molar-refractivity contribution in [2.75, 3.05) is 0 Å². The first kappa shape index (κ1) is 21.6. The van der Waals surface area contributed by atoms with Crippen molar-refractivity contribution in [1.82, 2.24) is 0 Å². The summed E-state index contributed by atoms with van der Waals surface area (Å²) in [5.74, 6) is 3.43. The van der Waals surface area contributed by atoms with E-state index in [-0.39, 0.29) is 6.10 Å². The van der Waals surface area contributed by atoms with Crippen LogP contribution in [0.2, 0.25) is 37.8 Å². The van der Waals surface area contributed by atoms with Gasteiger partial charge < -0.3 is 9.22 Å². The predicted molar refractivity (Wildman–Crippen MR) is 114 cm³/mol. The van der Waals surface area contributed by atoms with Gasteiger partial charge in [0.25, 0.3) is 8.32 Å². The van der Waals surface area contributed by atoms with E-state index < -0.39 is 16.4 Å². The third kappa shape index (κ3) is 8.48. The topological polar surface area (TPSA) is 26.3 Å². The molecule has 0 aromatic heterocycles. The van der Waals surface area contributed by atoms with Crippen molar-refractivity contribution in [3.05, 3.63) is 42.0 Å². The zero-order valence-electron chi connectivity index (χ0n) is 16.3. The van der Waals surface area contributed by atoms with Gasteiger partial charge in [-0.1, -0.05) is 81.5 Å². The normalized spacial score (nSPS) is 13.3. The smallest absolute Gasteiger partial charge is 0.272 e. The number of carbonyl (C=O) groups is 1. The van der Waals surface area contributed by atoms with Crippen LogP contribution >= 0.6 is 0 Å². The molecule has 4 heteroatoms. The molecule has 2 nitrogen and oxygen atoms in total. The van der Waals surface area contributed by atoms with Gasteiger partial charge in [0.15, 0.2) is 0 Å². The lowest BCUT2D eigenvalue weighted by molar-refractivity contribution is -0.108. The van der Waals surface area contributed by atoms with Crippen LogP contribution in [0, 0.1) is 11.5 Å². The van der Waals surface area contributed by atoms with Crippen LogP contribution in [-0.2, 0) is 9.22 Å². The Morgan fingerprint density at radius 2 is 1.76 bits per heavy atom. The SMILES string of the molecule is CC[Si](C#CC[Si](C)(C)C)(CC)OC(/C=C/c1ccccc1)CC=O. The molecule has 0 aliphatic rings. The first-order valence-corrected chi connectivity index (χ1v) is 15.2. The van der Waals surface area contributed by atoms with Crippen LogP contribution in [0.15, 0.2) is 36.4 Å². The van der Waals surface area contributed by atoms with Crippen molar-refractivity contribution < 1.29 is 9.22 Å². The van der Waals surface area contributed by atoms with E-state index in [0.29, 0.717) is 6.42 Å². The maximum absolute atomic E-state index is 11.1. The molecule has 0 amide bonds. The standard InChI is InChI=1S/C21H32O2Si2/c1-6-25(7-2,19-11-18-24(3,4)5)23-21(16-17-22)15-14-20-12-9-8-10-13-20/h8-10,12-15,17,21H,6-7,16,18H2,1-5H3/b15-14+. The molecule has 136 valence electrons. The average molecular weight is 373 g/mol. The van der Waals surface area contributed by atoms with Gasteiger partial charge in [-0.25, -0.2) is 0 Å². The summed E-state index contributed by atoms with van der Waals surface area (Å²) in [6, 6.07) is 13.0. The van der Waals surface area contributed by atoms with E-state index in [1.54, 1.807) is 0 Å². The Bertz CT molecular complexity index is 602. The maximum Gasteiger partial charge on any atom is 0.272 e. The summed E-state index contributed by atoms with van der Waals surface area (Å²) in [4.78, 5) is 11.1. The van der Waals surface area contributed by atoms with Crippen molar-refractivity contribution in [2.45, 2.75) is 64.1 Å². The molecule has 0 N–H and O–H groups in total. The summed E-state index contributed by atoms with van der Waals surface area (Å²) in [5.41, 5.74) is 4.65. The molecule has 1 rings (SSSR count). The van der Waals surface area contributed by atoms with E-state index in [4.69, 9.17) is 4.43 Å². The van der Waals surface area contributed by atoms with Crippen LogP contribution in [-0.4, -0.2) is 28.8 Å². The molecule has 0 aliphatic heterocycles. The lowest BCUT2D eigenvalue weighted by atomic mass is 10.1. The Hall–Kier alpha value is -1.42.